The second-order valence-electron chi connectivity index (χ2n) is 5.71. The zero-order valence-corrected chi connectivity index (χ0v) is 13.8. The number of hydrogen-bond donors (Lipinski definition) is 2. The number of fused-ring (bicyclic) bond motifs is 1. The van der Waals surface area contributed by atoms with Crippen LogP contribution in [0, 0.1) is 0 Å². The molecule has 4 heteroatoms. The Morgan fingerprint density at radius 3 is 2.95 bits per heavy atom. The van der Waals surface area contributed by atoms with Gasteiger partial charge in [-0.1, -0.05) is 30.3 Å². The molecule has 21 heavy (non-hydrogen) atoms. The molecule has 2 atom stereocenters. The van der Waals surface area contributed by atoms with E-state index in [1.807, 2.05) is 36.2 Å². The summed E-state index contributed by atoms with van der Waals surface area (Å²) >= 11 is 3.60. The molecular formula is C17H21NOS2. The normalized spacial score (nSPS) is 21.3. The third kappa shape index (κ3) is 3.51. The zero-order valence-electron chi connectivity index (χ0n) is 12.2. The van der Waals surface area contributed by atoms with Crippen molar-refractivity contribution in [3.63, 3.8) is 0 Å². The van der Waals surface area contributed by atoms with Crippen LogP contribution in [0.15, 0.2) is 41.8 Å². The molecule has 1 aromatic carbocycles. The minimum Gasteiger partial charge on any atom is -0.383 e. The number of nitrogens with one attached hydrogen (secondary N) is 1. The summed E-state index contributed by atoms with van der Waals surface area (Å²) in [6.45, 7) is 2.47. The number of hydrogen-bond acceptors (Lipinski definition) is 4. The van der Waals surface area contributed by atoms with Crippen molar-refractivity contribution in [1.29, 1.82) is 0 Å². The van der Waals surface area contributed by atoms with Crippen LogP contribution in [0.25, 0.3) is 0 Å². The van der Waals surface area contributed by atoms with Crippen molar-refractivity contribution in [3.8, 4) is 0 Å². The lowest BCUT2D eigenvalue weighted by Crippen LogP contribution is -2.37. The van der Waals surface area contributed by atoms with Gasteiger partial charge in [-0.3, -0.25) is 0 Å². The predicted molar refractivity (Wildman–Crippen MR) is 92.1 cm³/mol. The Kier molecular flexibility index (Phi) is 4.69. The predicted octanol–water partition coefficient (Wildman–Crippen LogP) is 3.58. The van der Waals surface area contributed by atoms with Gasteiger partial charge in [-0.05, 0) is 41.7 Å². The Hall–Kier alpha value is -0.810. The summed E-state index contributed by atoms with van der Waals surface area (Å²) in [4.78, 5) is 1.02. The fraction of sp³-hybridized carbons (Fsp3) is 0.412. The third-order valence-corrected chi connectivity index (χ3v) is 6.16. The van der Waals surface area contributed by atoms with E-state index < -0.39 is 5.60 Å². The van der Waals surface area contributed by atoms with Gasteiger partial charge in [0.1, 0.15) is 5.60 Å². The Morgan fingerprint density at radius 1 is 1.29 bits per heavy atom. The molecule has 0 amide bonds. The van der Waals surface area contributed by atoms with Crippen molar-refractivity contribution in [1.82, 2.24) is 5.32 Å². The fourth-order valence-electron chi connectivity index (χ4n) is 2.74. The highest BCUT2D eigenvalue weighted by molar-refractivity contribution is 7.99. The number of aryl methyl sites for hydroxylation is 1. The van der Waals surface area contributed by atoms with Crippen molar-refractivity contribution in [2.45, 2.75) is 25.0 Å². The van der Waals surface area contributed by atoms with Crippen molar-refractivity contribution in [3.05, 3.63) is 57.8 Å². The standard InChI is InChI=1S/C17H21NOS2/c1-17(19,16-7-4-9-21-16)12-18-15-11-20-10-8-13-5-2-3-6-14(13)15/h2-7,9,15,18-19H,8,10-12H2,1H3. The molecule has 0 fully saturated rings. The van der Waals surface area contributed by atoms with Crippen LogP contribution in [0.5, 0.6) is 0 Å². The van der Waals surface area contributed by atoms with Crippen molar-refractivity contribution in [2.24, 2.45) is 0 Å². The highest BCUT2D eigenvalue weighted by Gasteiger charge is 2.26. The maximum Gasteiger partial charge on any atom is 0.108 e. The number of rotatable bonds is 4. The molecular weight excluding hydrogens is 298 g/mol. The van der Waals surface area contributed by atoms with Gasteiger partial charge in [0, 0.05) is 23.2 Å². The van der Waals surface area contributed by atoms with Crippen LogP contribution >= 0.6 is 23.1 Å². The summed E-state index contributed by atoms with van der Waals surface area (Å²) in [6, 6.07) is 13.0. The monoisotopic (exact) mass is 319 g/mol. The lowest BCUT2D eigenvalue weighted by atomic mass is 9.98. The summed E-state index contributed by atoms with van der Waals surface area (Å²) in [5.74, 6) is 2.24. The molecule has 0 radical (unpaired) electrons. The molecule has 2 unspecified atom stereocenters. The number of thioether (sulfide) groups is 1. The molecule has 2 heterocycles. The van der Waals surface area contributed by atoms with Gasteiger partial charge in [0.25, 0.3) is 0 Å². The molecule has 0 saturated heterocycles. The molecule has 0 aliphatic carbocycles. The second-order valence-corrected chi connectivity index (χ2v) is 7.81. The van der Waals surface area contributed by atoms with E-state index in [2.05, 4.69) is 29.6 Å². The molecule has 1 aliphatic rings. The Balaban J connectivity index is 1.73. The average molecular weight is 319 g/mol. The summed E-state index contributed by atoms with van der Waals surface area (Å²) in [7, 11) is 0. The molecule has 3 rings (SSSR count). The Labute approximate surface area is 134 Å². The maximum atomic E-state index is 10.7. The van der Waals surface area contributed by atoms with Gasteiger partial charge >= 0.3 is 0 Å². The molecule has 0 saturated carbocycles. The molecule has 1 aromatic heterocycles. The van der Waals surface area contributed by atoms with Crippen LogP contribution in [-0.2, 0) is 12.0 Å². The first-order chi connectivity index (χ1) is 10.2. The van der Waals surface area contributed by atoms with Gasteiger partial charge in [-0.15, -0.1) is 11.3 Å². The topological polar surface area (TPSA) is 32.3 Å². The first-order valence-electron chi connectivity index (χ1n) is 7.32. The quantitative estimate of drug-likeness (QED) is 0.903. The minimum atomic E-state index is -0.805. The van der Waals surface area contributed by atoms with Crippen LogP contribution in [0.1, 0.15) is 29.0 Å². The van der Waals surface area contributed by atoms with E-state index in [-0.39, 0.29) is 0 Å². The van der Waals surface area contributed by atoms with E-state index in [4.69, 9.17) is 0 Å². The molecule has 1 aliphatic heterocycles. The molecule has 2 nitrogen and oxygen atoms in total. The average Bonchev–Trinajstić information content (AvgIpc) is 2.95. The summed E-state index contributed by atoms with van der Waals surface area (Å²) in [5, 5.41) is 16.3. The molecule has 112 valence electrons. The Bertz CT molecular complexity index is 580. The van der Waals surface area contributed by atoms with Gasteiger partial charge in [-0.25, -0.2) is 0 Å². The number of benzene rings is 1. The summed E-state index contributed by atoms with van der Waals surface area (Å²) in [6.07, 6.45) is 1.14. The van der Waals surface area contributed by atoms with Gasteiger partial charge in [0.2, 0.25) is 0 Å². The summed E-state index contributed by atoms with van der Waals surface area (Å²) < 4.78 is 0. The van der Waals surface area contributed by atoms with E-state index in [1.165, 1.54) is 16.9 Å². The largest absolute Gasteiger partial charge is 0.383 e. The molecule has 2 N–H and O–H groups in total. The van der Waals surface area contributed by atoms with Crippen molar-refractivity contribution in [2.75, 3.05) is 18.1 Å². The minimum absolute atomic E-state index is 0.320. The molecule has 2 aromatic rings. The SMILES string of the molecule is CC(O)(CNC1CSCCc2ccccc21)c1cccs1. The van der Waals surface area contributed by atoms with Crippen LogP contribution in [-0.4, -0.2) is 23.2 Å². The van der Waals surface area contributed by atoms with Crippen LogP contribution in [0.4, 0.5) is 0 Å². The van der Waals surface area contributed by atoms with Gasteiger partial charge in [-0.2, -0.15) is 11.8 Å². The van der Waals surface area contributed by atoms with Crippen LogP contribution < -0.4 is 5.32 Å². The first kappa shape index (κ1) is 15.1. The van der Waals surface area contributed by atoms with E-state index >= 15 is 0 Å². The van der Waals surface area contributed by atoms with Crippen LogP contribution in [0.2, 0.25) is 0 Å². The Morgan fingerprint density at radius 2 is 2.14 bits per heavy atom. The van der Waals surface area contributed by atoms with Crippen LogP contribution in [0.3, 0.4) is 0 Å². The van der Waals surface area contributed by atoms with Gasteiger partial charge < -0.3 is 10.4 Å². The molecule has 0 spiro atoms. The lowest BCUT2D eigenvalue weighted by Gasteiger charge is -2.27. The number of aliphatic hydroxyl groups is 1. The fourth-order valence-corrected chi connectivity index (χ4v) is 4.59. The van der Waals surface area contributed by atoms with Crippen molar-refractivity contribution < 1.29 is 5.11 Å². The number of thiophene rings is 1. The van der Waals surface area contributed by atoms with E-state index in [1.54, 1.807) is 11.3 Å². The highest BCUT2D eigenvalue weighted by atomic mass is 32.2. The van der Waals surface area contributed by atoms with Gasteiger partial charge in [0.15, 0.2) is 0 Å². The van der Waals surface area contributed by atoms with E-state index in [9.17, 15) is 5.11 Å². The molecule has 0 bridgehead atoms. The second kappa shape index (κ2) is 6.53. The lowest BCUT2D eigenvalue weighted by molar-refractivity contribution is 0.0582. The van der Waals surface area contributed by atoms with E-state index in [0.717, 1.165) is 17.1 Å². The van der Waals surface area contributed by atoms with Gasteiger partial charge in [0.05, 0.1) is 0 Å². The first-order valence-corrected chi connectivity index (χ1v) is 9.35. The zero-order chi connectivity index (χ0) is 14.7. The summed E-state index contributed by atoms with van der Waals surface area (Å²) in [5.41, 5.74) is 2.03. The third-order valence-electron chi connectivity index (χ3n) is 3.98. The van der Waals surface area contributed by atoms with E-state index in [0.29, 0.717) is 12.6 Å². The van der Waals surface area contributed by atoms with Crippen molar-refractivity contribution >= 4 is 23.1 Å². The smallest absolute Gasteiger partial charge is 0.108 e. The highest BCUT2D eigenvalue weighted by Crippen LogP contribution is 2.29. The maximum absolute atomic E-state index is 10.7.